The number of nitrogens with zero attached hydrogens (tertiary/aromatic N) is 2. The monoisotopic (exact) mass is 282 g/mol. The van der Waals surface area contributed by atoms with E-state index in [1.807, 2.05) is 47.9 Å². The Hall–Kier alpha value is -2.33. The average molecular weight is 282 g/mol. The van der Waals surface area contributed by atoms with Crippen LogP contribution in [0, 0.1) is 6.92 Å². The van der Waals surface area contributed by atoms with Gasteiger partial charge < -0.3 is 14.8 Å². The number of phenolic OH excluding ortho intramolecular Hbond substituents is 1. The zero-order valence-corrected chi connectivity index (χ0v) is 11.9. The second kappa shape index (κ2) is 5.58. The van der Waals surface area contributed by atoms with Crippen LogP contribution in [0.15, 0.2) is 48.8 Å². The van der Waals surface area contributed by atoms with Crippen LogP contribution in [0.5, 0.6) is 5.75 Å². The van der Waals surface area contributed by atoms with Gasteiger partial charge in [0.1, 0.15) is 5.75 Å². The number of benzene rings is 2. The Morgan fingerprint density at radius 1 is 1.19 bits per heavy atom. The van der Waals surface area contributed by atoms with Gasteiger partial charge in [-0.25, -0.2) is 4.98 Å². The van der Waals surface area contributed by atoms with Gasteiger partial charge in [-0.05, 0) is 37.6 Å². The Morgan fingerprint density at radius 2 is 2.00 bits per heavy atom. The molecule has 4 nitrogen and oxygen atoms in total. The Morgan fingerprint density at radius 3 is 2.86 bits per heavy atom. The fraction of sp³-hybridized carbons (Fsp3) is 0.235. The molecule has 0 aliphatic heterocycles. The zero-order valence-electron chi connectivity index (χ0n) is 11.9. The van der Waals surface area contributed by atoms with Crippen molar-refractivity contribution < 1.29 is 10.2 Å². The third-order valence-corrected chi connectivity index (χ3v) is 3.71. The first-order valence-corrected chi connectivity index (χ1v) is 7.02. The number of hydrogen-bond donors (Lipinski definition) is 2. The van der Waals surface area contributed by atoms with E-state index in [-0.39, 0.29) is 5.75 Å². The Balaban J connectivity index is 1.76. The molecule has 1 atom stereocenters. The van der Waals surface area contributed by atoms with E-state index in [1.165, 1.54) is 0 Å². The van der Waals surface area contributed by atoms with Crippen LogP contribution in [0.4, 0.5) is 0 Å². The highest BCUT2D eigenvalue weighted by Gasteiger charge is 2.13. The van der Waals surface area contributed by atoms with Crippen molar-refractivity contribution in [2.45, 2.75) is 26.0 Å². The summed E-state index contributed by atoms with van der Waals surface area (Å²) in [6.45, 7) is 2.59. The minimum Gasteiger partial charge on any atom is -0.508 e. The van der Waals surface area contributed by atoms with Gasteiger partial charge in [-0.1, -0.05) is 23.8 Å². The third-order valence-electron chi connectivity index (χ3n) is 3.71. The predicted molar refractivity (Wildman–Crippen MR) is 82.2 cm³/mol. The van der Waals surface area contributed by atoms with Crippen LogP contribution >= 0.6 is 0 Å². The number of aryl methyl sites for hydroxylation is 2. The fourth-order valence-corrected chi connectivity index (χ4v) is 2.55. The molecule has 0 saturated carbocycles. The molecular weight excluding hydrogens is 264 g/mol. The zero-order chi connectivity index (χ0) is 14.8. The molecular formula is C17H18N2O2. The van der Waals surface area contributed by atoms with Crippen molar-refractivity contribution in [3.8, 4) is 5.75 Å². The number of hydrogen-bond acceptors (Lipinski definition) is 3. The number of aliphatic hydroxyl groups is 1. The summed E-state index contributed by atoms with van der Waals surface area (Å²) >= 11 is 0. The molecule has 1 heterocycles. The van der Waals surface area contributed by atoms with Crippen LogP contribution in [0.1, 0.15) is 23.7 Å². The highest BCUT2D eigenvalue weighted by Crippen LogP contribution is 2.28. The van der Waals surface area contributed by atoms with E-state index in [0.29, 0.717) is 18.5 Å². The van der Waals surface area contributed by atoms with Crippen molar-refractivity contribution in [1.29, 1.82) is 0 Å². The van der Waals surface area contributed by atoms with Crippen molar-refractivity contribution in [3.05, 3.63) is 59.9 Å². The van der Waals surface area contributed by atoms with E-state index in [4.69, 9.17) is 0 Å². The van der Waals surface area contributed by atoms with E-state index in [0.717, 1.165) is 16.6 Å². The van der Waals surface area contributed by atoms with Crippen LogP contribution in [0.25, 0.3) is 11.0 Å². The van der Waals surface area contributed by atoms with Gasteiger partial charge in [0.05, 0.1) is 23.5 Å². The lowest BCUT2D eigenvalue weighted by Gasteiger charge is -2.14. The summed E-state index contributed by atoms with van der Waals surface area (Å²) in [5, 5.41) is 20.2. The quantitative estimate of drug-likeness (QED) is 0.772. The normalized spacial score (nSPS) is 12.7. The molecule has 4 heteroatoms. The first-order valence-electron chi connectivity index (χ1n) is 7.02. The van der Waals surface area contributed by atoms with Crippen LogP contribution in [-0.4, -0.2) is 19.8 Å². The molecule has 2 aromatic carbocycles. The first-order chi connectivity index (χ1) is 10.1. The molecule has 0 amide bonds. The highest BCUT2D eigenvalue weighted by molar-refractivity contribution is 5.74. The number of phenols is 1. The number of fused-ring (bicyclic) bond motifs is 1. The number of para-hydroxylation sites is 2. The number of aromatic hydroxyl groups is 1. The molecule has 0 fully saturated rings. The van der Waals surface area contributed by atoms with Crippen molar-refractivity contribution >= 4 is 11.0 Å². The van der Waals surface area contributed by atoms with Gasteiger partial charge >= 0.3 is 0 Å². The van der Waals surface area contributed by atoms with Crippen molar-refractivity contribution in [3.63, 3.8) is 0 Å². The number of imidazole rings is 1. The summed E-state index contributed by atoms with van der Waals surface area (Å²) < 4.78 is 2.02. The Bertz CT molecular complexity index is 764. The molecule has 0 aliphatic carbocycles. The molecule has 0 radical (unpaired) electrons. The standard InChI is InChI=1S/C17H18N2O2/c1-12-6-7-16(20)13(10-12)17(21)8-9-19-11-18-14-4-2-3-5-15(14)19/h2-7,10-11,17,20-21H,8-9H2,1H3. The van der Waals surface area contributed by atoms with Crippen molar-refractivity contribution in [1.82, 2.24) is 9.55 Å². The van der Waals surface area contributed by atoms with Crippen LogP contribution < -0.4 is 0 Å². The maximum Gasteiger partial charge on any atom is 0.121 e. The summed E-state index contributed by atoms with van der Waals surface area (Å²) in [6.07, 6.45) is 1.62. The number of rotatable bonds is 4. The molecule has 21 heavy (non-hydrogen) atoms. The summed E-state index contributed by atoms with van der Waals surface area (Å²) in [7, 11) is 0. The molecule has 0 bridgehead atoms. The molecule has 0 spiro atoms. The maximum absolute atomic E-state index is 10.3. The third kappa shape index (κ3) is 2.76. The van der Waals surface area contributed by atoms with E-state index in [2.05, 4.69) is 4.98 Å². The topological polar surface area (TPSA) is 58.3 Å². The molecule has 0 saturated heterocycles. The van der Waals surface area contributed by atoms with Crippen LogP contribution in [0.3, 0.4) is 0 Å². The summed E-state index contributed by atoms with van der Waals surface area (Å²) in [5.41, 5.74) is 3.61. The van der Waals surface area contributed by atoms with E-state index in [1.54, 1.807) is 12.4 Å². The lowest BCUT2D eigenvalue weighted by Crippen LogP contribution is -2.04. The fourth-order valence-electron chi connectivity index (χ4n) is 2.55. The van der Waals surface area contributed by atoms with Crippen LogP contribution in [-0.2, 0) is 6.54 Å². The average Bonchev–Trinajstić information content (AvgIpc) is 2.90. The molecule has 108 valence electrons. The largest absolute Gasteiger partial charge is 0.508 e. The minimum absolute atomic E-state index is 0.142. The lowest BCUT2D eigenvalue weighted by atomic mass is 10.0. The van der Waals surface area contributed by atoms with Crippen molar-refractivity contribution in [2.75, 3.05) is 0 Å². The van der Waals surface area contributed by atoms with E-state index >= 15 is 0 Å². The number of aromatic nitrogens is 2. The highest BCUT2D eigenvalue weighted by atomic mass is 16.3. The summed E-state index contributed by atoms with van der Waals surface area (Å²) in [4.78, 5) is 4.33. The molecule has 1 unspecified atom stereocenters. The van der Waals surface area contributed by atoms with Gasteiger partial charge in [0.15, 0.2) is 0 Å². The number of aliphatic hydroxyl groups excluding tert-OH is 1. The van der Waals surface area contributed by atoms with Crippen molar-refractivity contribution in [2.24, 2.45) is 0 Å². The molecule has 3 aromatic rings. The molecule has 2 N–H and O–H groups in total. The maximum atomic E-state index is 10.3. The van der Waals surface area contributed by atoms with Gasteiger partial charge in [0, 0.05) is 12.1 Å². The smallest absolute Gasteiger partial charge is 0.121 e. The van der Waals surface area contributed by atoms with Gasteiger partial charge in [0.2, 0.25) is 0 Å². The Labute approximate surface area is 123 Å². The molecule has 1 aromatic heterocycles. The van der Waals surface area contributed by atoms with Gasteiger partial charge in [-0.15, -0.1) is 0 Å². The first kappa shape index (κ1) is 13.6. The van der Waals surface area contributed by atoms with Gasteiger partial charge in [-0.2, -0.15) is 0 Å². The van der Waals surface area contributed by atoms with Gasteiger partial charge in [-0.3, -0.25) is 0 Å². The Kier molecular flexibility index (Phi) is 3.62. The van der Waals surface area contributed by atoms with E-state index < -0.39 is 6.10 Å². The summed E-state index contributed by atoms with van der Waals surface area (Å²) in [6, 6.07) is 13.2. The second-order valence-corrected chi connectivity index (χ2v) is 5.29. The molecule has 3 rings (SSSR count). The predicted octanol–water partition coefficient (Wildman–Crippen LogP) is 3.17. The van der Waals surface area contributed by atoms with Gasteiger partial charge in [0.25, 0.3) is 0 Å². The summed E-state index contributed by atoms with van der Waals surface area (Å²) in [5.74, 6) is 0.142. The lowest BCUT2D eigenvalue weighted by molar-refractivity contribution is 0.158. The van der Waals surface area contributed by atoms with E-state index in [9.17, 15) is 10.2 Å². The van der Waals surface area contributed by atoms with Crippen LogP contribution in [0.2, 0.25) is 0 Å². The molecule has 0 aliphatic rings. The second-order valence-electron chi connectivity index (χ2n) is 5.29. The minimum atomic E-state index is -0.689. The SMILES string of the molecule is Cc1ccc(O)c(C(O)CCn2cnc3ccccc32)c1.